The summed E-state index contributed by atoms with van der Waals surface area (Å²) < 4.78 is 7.39. The van der Waals surface area contributed by atoms with Crippen LogP contribution in [0.4, 0.5) is 34.1 Å². The fourth-order valence-corrected chi connectivity index (χ4v) is 11.6. The highest BCUT2D eigenvalue weighted by molar-refractivity contribution is 7.00. The molecule has 5 aromatic carbocycles. The van der Waals surface area contributed by atoms with Gasteiger partial charge >= 0.3 is 0 Å². The van der Waals surface area contributed by atoms with E-state index in [1.807, 2.05) is 0 Å². The van der Waals surface area contributed by atoms with Crippen LogP contribution in [0.25, 0.3) is 11.0 Å². The van der Waals surface area contributed by atoms with Crippen molar-refractivity contribution in [1.29, 1.82) is 0 Å². The minimum Gasteiger partial charge on any atom is -0.468 e. The number of para-hydroxylation sites is 1. The SMILES string of the molecule is Cc1cc2c3c(c1)N(c1ccccc1C(C)(C)C)c1c(oc4ccc(C(C)(C)C)cc14)B3c1cc3c(cc1N2c1ccc2c(c1)C(C)(C)CCC2(C)C)C(C)CCC3(C)C. The first-order valence-electron chi connectivity index (χ1n) is 22.8. The van der Waals surface area contributed by atoms with Crippen molar-refractivity contribution in [2.24, 2.45) is 0 Å². The molecule has 3 nitrogen and oxygen atoms in total. The van der Waals surface area contributed by atoms with Crippen molar-refractivity contribution in [3.05, 3.63) is 124 Å². The van der Waals surface area contributed by atoms with Crippen LogP contribution in [0, 0.1) is 6.92 Å². The third-order valence-electron chi connectivity index (χ3n) is 15.4. The number of hydrogen-bond acceptors (Lipinski definition) is 3. The van der Waals surface area contributed by atoms with Gasteiger partial charge in [-0.2, -0.15) is 0 Å². The van der Waals surface area contributed by atoms with E-state index >= 15 is 0 Å². The topological polar surface area (TPSA) is 19.6 Å². The normalized spacial score (nSPS) is 19.7. The van der Waals surface area contributed by atoms with Crippen molar-refractivity contribution in [2.45, 2.75) is 156 Å². The van der Waals surface area contributed by atoms with Crippen molar-refractivity contribution in [3.8, 4) is 0 Å². The van der Waals surface area contributed by atoms with Gasteiger partial charge in [0.1, 0.15) is 5.58 Å². The zero-order chi connectivity index (χ0) is 42.6. The van der Waals surface area contributed by atoms with Gasteiger partial charge in [0.15, 0.2) is 0 Å². The maximum absolute atomic E-state index is 7.39. The first-order chi connectivity index (χ1) is 28.1. The van der Waals surface area contributed by atoms with E-state index in [0.717, 1.165) is 11.2 Å². The lowest BCUT2D eigenvalue weighted by atomic mass is 9.35. The van der Waals surface area contributed by atoms with Crippen LogP contribution >= 0.6 is 0 Å². The smallest absolute Gasteiger partial charge is 0.297 e. The molecule has 0 saturated carbocycles. The molecule has 60 heavy (non-hydrogen) atoms. The summed E-state index contributed by atoms with van der Waals surface area (Å²) in [5, 5.41) is 1.19. The molecule has 0 bridgehead atoms. The summed E-state index contributed by atoms with van der Waals surface area (Å²) in [5.74, 6) is 0.492. The molecule has 0 radical (unpaired) electrons. The molecule has 1 unspecified atom stereocenters. The number of furan rings is 1. The first-order valence-corrected chi connectivity index (χ1v) is 22.8. The summed E-state index contributed by atoms with van der Waals surface area (Å²) in [6.07, 6.45) is 4.78. The zero-order valence-corrected chi connectivity index (χ0v) is 38.9. The standard InChI is InChI=1S/C56H65BN2O/c1-33-27-46-49-47(28-33)59(44-18-16-15-17-40(44)53(6,7)8)50-38-29-35(52(3,4)5)19-22-48(38)60-51(50)57(49)43-32-41-37(34(2)23-24-54(41,9)10)31-45(43)58(46)36-20-21-39-42(30-36)56(13,14)26-25-55(39,11)12/h15-22,27-32,34H,23-26H2,1-14H3. The van der Waals surface area contributed by atoms with E-state index in [1.54, 1.807) is 0 Å². The van der Waals surface area contributed by atoms with Gasteiger partial charge in [0, 0.05) is 33.8 Å². The molecule has 0 fully saturated rings. The summed E-state index contributed by atoms with van der Waals surface area (Å²) >= 11 is 0. The van der Waals surface area contributed by atoms with E-state index < -0.39 is 0 Å². The Morgan fingerprint density at radius 3 is 2.00 bits per heavy atom. The van der Waals surface area contributed by atoms with E-state index in [1.165, 1.54) is 115 Å². The molecule has 6 aromatic rings. The van der Waals surface area contributed by atoms with Crippen LogP contribution in [-0.2, 0) is 27.1 Å². The van der Waals surface area contributed by atoms with Gasteiger partial charge in [0.05, 0.1) is 11.3 Å². The van der Waals surface area contributed by atoms with Gasteiger partial charge in [-0.25, -0.2) is 0 Å². The Balaban J connectivity index is 1.35. The van der Waals surface area contributed by atoms with Gasteiger partial charge < -0.3 is 14.2 Å². The molecule has 2 aliphatic heterocycles. The van der Waals surface area contributed by atoms with Crippen molar-refractivity contribution < 1.29 is 4.42 Å². The zero-order valence-electron chi connectivity index (χ0n) is 38.9. The Labute approximate surface area is 360 Å². The average molecular weight is 793 g/mol. The van der Waals surface area contributed by atoms with Gasteiger partial charge in [0.25, 0.3) is 6.71 Å². The Morgan fingerprint density at radius 2 is 1.30 bits per heavy atom. The van der Waals surface area contributed by atoms with Crippen LogP contribution in [0.2, 0.25) is 0 Å². The Bertz CT molecular complexity index is 2770. The predicted octanol–water partition coefficient (Wildman–Crippen LogP) is 13.9. The molecule has 1 aromatic heterocycles. The molecule has 2 aliphatic carbocycles. The number of rotatable bonds is 2. The fraction of sp³-hybridized carbons (Fsp3) is 0.429. The highest BCUT2D eigenvalue weighted by Gasteiger charge is 2.49. The van der Waals surface area contributed by atoms with Gasteiger partial charge in [0.2, 0.25) is 0 Å². The van der Waals surface area contributed by atoms with Crippen molar-refractivity contribution in [3.63, 3.8) is 0 Å². The maximum atomic E-state index is 7.39. The van der Waals surface area contributed by atoms with Crippen LogP contribution in [0.3, 0.4) is 0 Å². The van der Waals surface area contributed by atoms with E-state index in [9.17, 15) is 0 Å². The second-order valence-corrected chi connectivity index (χ2v) is 23.2. The summed E-state index contributed by atoms with van der Waals surface area (Å²) in [6.45, 7) is 33.4. The lowest BCUT2D eigenvalue weighted by molar-refractivity contribution is 0.332. The minimum atomic E-state index is -0.0860. The van der Waals surface area contributed by atoms with E-state index in [2.05, 4.69) is 192 Å². The average Bonchev–Trinajstić information content (AvgIpc) is 3.55. The van der Waals surface area contributed by atoms with E-state index in [0.29, 0.717) is 5.92 Å². The monoisotopic (exact) mass is 793 g/mol. The van der Waals surface area contributed by atoms with Crippen molar-refractivity contribution in [1.82, 2.24) is 0 Å². The molecule has 1 atom stereocenters. The molecule has 4 aliphatic rings. The van der Waals surface area contributed by atoms with E-state index in [-0.39, 0.29) is 33.8 Å². The van der Waals surface area contributed by atoms with Gasteiger partial charge in [-0.15, -0.1) is 0 Å². The quantitative estimate of drug-likeness (QED) is 0.163. The number of anilines is 6. The number of hydrogen-bond donors (Lipinski definition) is 0. The van der Waals surface area contributed by atoms with Crippen molar-refractivity contribution in [2.75, 3.05) is 9.80 Å². The Morgan fingerprint density at radius 1 is 0.633 bits per heavy atom. The van der Waals surface area contributed by atoms with Crippen LogP contribution in [0.5, 0.6) is 0 Å². The lowest BCUT2D eigenvalue weighted by Crippen LogP contribution is -2.61. The Hall–Kier alpha value is -4.70. The molecule has 0 N–H and O–H groups in total. The Kier molecular flexibility index (Phi) is 8.34. The molecule has 4 heteroatoms. The predicted molar refractivity (Wildman–Crippen MR) is 258 cm³/mol. The molecule has 3 heterocycles. The first kappa shape index (κ1) is 39.4. The second-order valence-electron chi connectivity index (χ2n) is 23.2. The molecule has 10 rings (SSSR count). The van der Waals surface area contributed by atoms with Gasteiger partial charge in [-0.05, 0) is 164 Å². The number of benzene rings is 5. The van der Waals surface area contributed by atoms with Gasteiger partial charge in [-0.3, -0.25) is 0 Å². The van der Waals surface area contributed by atoms with Crippen LogP contribution in [-0.4, -0.2) is 6.71 Å². The van der Waals surface area contributed by atoms with Crippen LogP contribution in [0.1, 0.15) is 161 Å². The minimum absolute atomic E-state index is 0.0131. The van der Waals surface area contributed by atoms with Crippen LogP contribution < -0.4 is 26.4 Å². The van der Waals surface area contributed by atoms with E-state index in [4.69, 9.17) is 4.42 Å². The lowest BCUT2D eigenvalue weighted by Gasteiger charge is -2.46. The number of fused-ring (bicyclic) bond motifs is 8. The summed E-state index contributed by atoms with van der Waals surface area (Å²) in [6, 6.07) is 33.7. The number of nitrogens with zero attached hydrogens (tertiary/aromatic N) is 2. The highest BCUT2D eigenvalue weighted by Crippen LogP contribution is 2.53. The van der Waals surface area contributed by atoms with Crippen molar-refractivity contribution >= 4 is 68.4 Å². The summed E-state index contributed by atoms with van der Waals surface area (Å²) in [4.78, 5) is 5.26. The third-order valence-corrected chi connectivity index (χ3v) is 15.4. The molecule has 0 spiro atoms. The highest BCUT2D eigenvalue weighted by atomic mass is 16.3. The number of aryl methyl sites for hydroxylation is 1. The molecule has 0 amide bonds. The third kappa shape index (κ3) is 5.75. The fourth-order valence-electron chi connectivity index (χ4n) is 11.6. The van der Waals surface area contributed by atoms with Gasteiger partial charge in [-0.1, -0.05) is 126 Å². The molecule has 0 saturated heterocycles. The molecular formula is C56H65BN2O. The van der Waals surface area contributed by atoms with Crippen LogP contribution in [0.15, 0.2) is 89.3 Å². The summed E-state index contributed by atoms with van der Waals surface area (Å²) in [5.41, 5.74) is 22.2. The summed E-state index contributed by atoms with van der Waals surface area (Å²) in [7, 11) is 0. The maximum Gasteiger partial charge on any atom is 0.297 e. The second kappa shape index (κ2) is 12.7. The molecular weight excluding hydrogens is 727 g/mol. The largest absolute Gasteiger partial charge is 0.468 e. The molecule has 308 valence electrons.